The van der Waals surface area contributed by atoms with Crippen LogP contribution < -0.4 is 4.90 Å². The number of rotatable bonds is 4. The SMILES string of the molecule is Cc1ccc(C)c(-c2csc(N3CCN(S(=O)(=O)c4ccccc4C(F)(F)F)CC3)n2)c1. The molecule has 0 radical (unpaired) electrons. The van der Waals surface area contributed by atoms with Crippen LogP contribution in [-0.2, 0) is 16.2 Å². The highest BCUT2D eigenvalue weighted by atomic mass is 32.2. The molecule has 0 saturated carbocycles. The second kappa shape index (κ2) is 8.49. The van der Waals surface area contributed by atoms with Crippen LogP contribution in [-0.4, -0.2) is 43.9 Å². The number of benzene rings is 2. The summed E-state index contributed by atoms with van der Waals surface area (Å²) in [6.45, 7) is 4.93. The van der Waals surface area contributed by atoms with E-state index in [1.807, 2.05) is 36.3 Å². The van der Waals surface area contributed by atoms with Gasteiger partial charge in [0.15, 0.2) is 5.13 Å². The molecular weight excluding hydrogens is 459 g/mol. The molecule has 32 heavy (non-hydrogen) atoms. The van der Waals surface area contributed by atoms with Gasteiger partial charge in [-0.1, -0.05) is 29.8 Å². The number of thiazole rings is 1. The van der Waals surface area contributed by atoms with Crippen molar-refractivity contribution in [2.24, 2.45) is 0 Å². The minimum atomic E-state index is -4.74. The zero-order valence-electron chi connectivity index (χ0n) is 17.6. The number of halogens is 3. The Kier molecular flexibility index (Phi) is 6.04. The van der Waals surface area contributed by atoms with Gasteiger partial charge in [-0.15, -0.1) is 11.3 Å². The molecule has 1 fully saturated rings. The molecule has 0 unspecified atom stereocenters. The van der Waals surface area contributed by atoms with Crippen molar-refractivity contribution in [3.05, 3.63) is 64.5 Å². The molecule has 1 saturated heterocycles. The average Bonchev–Trinajstić information content (AvgIpc) is 3.25. The number of aromatic nitrogens is 1. The van der Waals surface area contributed by atoms with Crippen LogP contribution >= 0.6 is 11.3 Å². The average molecular weight is 482 g/mol. The smallest absolute Gasteiger partial charge is 0.345 e. The van der Waals surface area contributed by atoms with E-state index in [-0.39, 0.29) is 13.1 Å². The topological polar surface area (TPSA) is 53.5 Å². The van der Waals surface area contributed by atoms with Gasteiger partial charge in [0.1, 0.15) is 0 Å². The van der Waals surface area contributed by atoms with E-state index in [0.29, 0.717) is 13.1 Å². The van der Waals surface area contributed by atoms with E-state index in [1.165, 1.54) is 23.5 Å². The molecule has 10 heteroatoms. The molecule has 1 aromatic heterocycles. The number of anilines is 1. The van der Waals surface area contributed by atoms with Crippen molar-refractivity contribution in [3.63, 3.8) is 0 Å². The Hall–Kier alpha value is -2.43. The zero-order valence-corrected chi connectivity index (χ0v) is 19.2. The first-order valence-electron chi connectivity index (χ1n) is 10.0. The van der Waals surface area contributed by atoms with E-state index in [0.717, 1.165) is 44.0 Å². The van der Waals surface area contributed by atoms with E-state index in [1.54, 1.807) is 0 Å². The molecule has 2 heterocycles. The van der Waals surface area contributed by atoms with Gasteiger partial charge in [0.2, 0.25) is 10.0 Å². The monoisotopic (exact) mass is 481 g/mol. The zero-order chi connectivity index (χ0) is 23.1. The molecule has 1 aliphatic rings. The van der Waals surface area contributed by atoms with Crippen molar-refractivity contribution < 1.29 is 21.6 Å². The fourth-order valence-corrected chi connectivity index (χ4v) is 6.24. The van der Waals surface area contributed by atoms with Crippen LogP contribution in [0.15, 0.2) is 52.7 Å². The normalized spacial score (nSPS) is 15.8. The van der Waals surface area contributed by atoms with Gasteiger partial charge in [-0.05, 0) is 37.6 Å². The lowest BCUT2D eigenvalue weighted by Gasteiger charge is -2.34. The fraction of sp³-hybridized carbons (Fsp3) is 0.318. The molecule has 5 nitrogen and oxygen atoms in total. The van der Waals surface area contributed by atoms with Crippen molar-refractivity contribution in [3.8, 4) is 11.3 Å². The quantitative estimate of drug-likeness (QED) is 0.529. The molecule has 0 aliphatic carbocycles. The lowest BCUT2D eigenvalue weighted by Crippen LogP contribution is -2.48. The summed E-state index contributed by atoms with van der Waals surface area (Å²) in [7, 11) is -4.26. The molecule has 4 rings (SSSR count). The number of sulfonamides is 1. The van der Waals surface area contributed by atoms with E-state index in [9.17, 15) is 21.6 Å². The Bertz CT molecular complexity index is 1230. The van der Waals surface area contributed by atoms with Gasteiger partial charge in [-0.3, -0.25) is 0 Å². The van der Waals surface area contributed by atoms with Crippen molar-refractivity contribution >= 4 is 26.5 Å². The lowest BCUT2D eigenvalue weighted by molar-refractivity contribution is -0.139. The highest BCUT2D eigenvalue weighted by Crippen LogP contribution is 2.36. The van der Waals surface area contributed by atoms with Crippen LogP contribution in [0.4, 0.5) is 18.3 Å². The van der Waals surface area contributed by atoms with Gasteiger partial charge in [0, 0.05) is 37.1 Å². The fourth-order valence-electron chi connectivity index (χ4n) is 3.73. The molecule has 3 aromatic rings. The minimum Gasteiger partial charge on any atom is -0.345 e. The highest BCUT2D eigenvalue weighted by Gasteiger charge is 2.39. The molecule has 0 N–H and O–H groups in total. The summed E-state index contributed by atoms with van der Waals surface area (Å²) >= 11 is 1.47. The van der Waals surface area contributed by atoms with Crippen molar-refractivity contribution in [2.75, 3.05) is 31.1 Å². The van der Waals surface area contributed by atoms with Gasteiger partial charge in [-0.25, -0.2) is 13.4 Å². The minimum absolute atomic E-state index is 0.0902. The van der Waals surface area contributed by atoms with Crippen molar-refractivity contribution in [2.45, 2.75) is 24.9 Å². The van der Waals surface area contributed by atoms with Gasteiger partial charge < -0.3 is 4.90 Å². The third kappa shape index (κ3) is 4.39. The summed E-state index contributed by atoms with van der Waals surface area (Å²) in [6, 6.07) is 10.5. The number of alkyl halides is 3. The summed E-state index contributed by atoms with van der Waals surface area (Å²) < 4.78 is 67.0. The maximum Gasteiger partial charge on any atom is 0.417 e. The second-order valence-electron chi connectivity index (χ2n) is 7.72. The molecule has 2 aromatic carbocycles. The van der Waals surface area contributed by atoms with Gasteiger partial charge >= 0.3 is 6.18 Å². The Labute approximate surface area is 189 Å². The largest absolute Gasteiger partial charge is 0.417 e. The summed E-state index contributed by atoms with van der Waals surface area (Å²) in [5.41, 5.74) is 3.03. The summed E-state index contributed by atoms with van der Waals surface area (Å²) in [4.78, 5) is 6.00. The lowest BCUT2D eigenvalue weighted by atomic mass is 10.0. The standard InChI is InChI=1S/C22H22F3N3O2S2/c1-15-7-8-16(2)17(13-15)19-14-31-21(26-19)27-9-11-28(12-10-27)32(29,30)20-6-4-3-5-18(20)22(23,24)25/h3-8,13-14H,9-12H2,1-2H3. The molecule has 0 atom stereocenters. The van der Waals surface area contributed by atoms with E-state index < -0.39 is 26.7 Å². The Morgan fingerprint density at radius 2 is 1.69 bits per heavy atom. The third-order valence-corrected chi connectivity index (χ3v) is 8.34. The van der Waals surface area contributed by atoms with Crippen molar-refractivity contribution in [1.29, 1.82) is 0 Å². The molecule has 0 bridgehead atoms. The molecule has 170 valence electrons. The molecule has 0 amide bonds. The number of piperazine rings is 1. The maximum absolute atomic E-state index is 13.3. The van der Waals surface area contributed by atoms with Crippen LogP contribution in [0, 0.1) is 13.8 Å². The van der Waals surface area contributed by atoms with Gasteiger partial charge in [0.25, 0.3) is 0 Å². The number of nitrogens with zero attached hydrogens (tertiary/aromatic N) is 3. The Morgan fingerprint density at radius 3 is 2.38 bits per heavy atom. The number of aryl methyl sites for hydroxylation is 2. The first-order chi connectivity index (χ1) is 15.1. The predicted octanol–water partition coefficient (Wildman–Crippen LogP) is 4.96. The summed E-state index contributed by atoms with van der Waals surface area (Å²) in [5.74, 6) is 0. The molecule has 1 aliphatic heterocycles. The summed E-state index contributed by atoms with van der Waals surface area (Å²) in [6.07, 6.45) is -4.74. The third-order valence-electron chi connectivity index (χ3n) is 5.48. The number of hydrogen-bond acceptors (Lipinski definition) is 5. The van der Waals surface area contributed by atoms with Crippen molar-refractivity contribution in [1.82, 2.24) is 9.29 Å². The molecular formula is C22H22F3N3O2S2. The van der Waals surface area contributed by atoms with Crippen LogP contribution in [0.2, 0.25) is 0 Å². The Balaban J connectivity index is 1.51. The first-order valence-corrected chi connectivity index (χ1v) is 12.3. The van der Waals surface area contributed by atoms with Crippen LogP contribution in [0.3, 0.4) is 0 Å². The first kappa shape index (κ1) is 22.8. The van der Waals surface area contributed by atoms with E-state index in [4.69, 9.17) is 4.98 Å². The maximum atomic E-state index is 13.3. The van der Waals surface area contributed by atoms with Gasteiger partial charge in [0.05, 0.1) is 16.2 Å². The van der Waals surface area contributed by atoms with Crippen LogP contribution in [0.5, 0.6) is 0 Å². The second-order valence-corrected chi connectivity index (χ2v) is 10.5. The predicted molar refractivity (Wildman–Crippen MR) is 119 cm³/mol. The van der Waals surface area contributed by atoms with Crippen LogP contribution in [0.25, 0.3) is 11.3 Å². The van der Waals surface area contributed by atoms with Crippen LogP contribution in [0.1, 0.15) is 16.7 Å². The summed E-state index contributed by atoms with van der Waals surface area (Å²) in [5, 5.41) is 2.74. The van der Waals surface area contributed by atoms with Gasteiger partial charge in [-0.2, -0.15) is 17.5 Å². The highest BCUT2D eigenvalue weighted by molar-refractivity contribution is 7.89. The number of hydrogen-bond donors (Lipinski definition) is 0. The van der Waals surface area contributed by atoms with E-state index >= 15 is 0 Å². The molecule has 0 spiro atoms. The van der Waals surface area contributed by atoms with E-state index in [2.05, 4.69) is 6.07 Å². The Morgan fingerprint density at radius 1 is 1.00 bits per heavy atom.